The molecule has 6 nitrogen and oxygen atoms in total. The molecule has 2 aliphatic rings. The third kappa shape index (κ3) is 4.58. The van der Waals surface area contributed by atoms with Crippen molar-refractivity contribution in [2.24, 2.45) is 0 Å². The topological polar surface area (TPSA) is 60.9 Å². The van der Waals surface area contributed by atoms with Crippen LogP contribution in [-0.4, -0.2) is 67.2 Å². The summed E-state index contributed by atoms with van der Waals surface area (Å²) in [7, 11) is -3.67. The highest BCUT2D eigenvalue weighted by molar-refractivity contribution is 7.89. The molecule has 4 rings (SSSR count). The first kappa shape index (κ1) is 21.0. The first-order valence-corrected chi connectivity index (χ1v) is 12.1. The van der Waals surface area contributed by atoms with Crippen LogP contribution in [0.5, 0.6) is 0 Å². The van der Waals surface area contributed by atoms with Crippen LogP contribution in [0.2, 0.25) is 0 Å². The van der Waals surface area contributed by atoms with Gasteiger partial charge in [0.25, 0.3) is 0 Å². The summed E-state index contributed by atoms with van der Waals surface area (Å²) < 4.78 is 27.8. The highest BCUT2D eigenvalue weighted by Gasteiger charge is 2.39. The highest BCUT2D eigenvalue weighted by atomic mass is 32.2. The molecule has 2 saturated heterocycles. The van der Waals surface area contributed by atoms with Gasteiger partial charge in [-0.1, -0.05) is 55.0 Å². The van der Waals surface area contributed by atoms with E-state index in [1.165, 1.54) is 9.87 Å². The third-order valence-electron chi connectivity index (χ3n) is 6.02. The van der Waals surface area contributed by atoms with Crippen molar-refractivity contribution in [1.82, 2.24) is 14.1 Å². The Bertz CT molecular complexity index is 942. The minimum atomic E-state index is -3.67. The van der Waals surface area contributed by atoms with Crippen LogP contribution in [0, 0.1) is 0 Å². The fourth-order valence-corrected chi connectivity index (χ4v) is 6.02. The number of nitrogens with zero attached hydrogens (tertiary/aromatic N) is 3. The summed E-state index contributed by atoms with van der Waals surface area (Å²) in [6, 6.07) is 18.2. The maximum atomic E-state index is 13.3. The molecule has 2 heterocycles. The number of sulfonamides is 1. The molecule has 0 spiro atoms. The number of piperidine rings is 1. The zero-order chi connectivity index (χ0) is 21.0. The number of amides is 1. The molecule has 160 valence electrons. The zero-order valence-electron chi connectivity index (χ0n) is 17.2. The van der Waals surface area contributed by atoms with E-state index in [0.717, 1.165) is 32.5 Å². The number of hydrogen-bond acceptors (Lipinski definition) is 4. The maximum Gasteiger partial charge on any atom is 0.243 e. The van der Waals surface area contributed by atoms with E-state index >= 15 is 0 Å². The summed E-state index contributed by atoms with van der Waals surface area (Å²) in [5, 5.41) is 0. The smallest absolute Gasteiger partial charge is 0.243 e. The van der Waals surface area contributed by atoms with Gasteiger partial charge in [0, 0.05) is 39.3 Å². The Labute approximate surface area is 179 Å². The number of carbonyl (C=O) groups excluding carboxylic acids is 1. The number of piperazine rings is 1. The Morgan fingerprint density at radius 1 is 0.833 bits per heavy atom. The van der Waals surface area contributed by atoms with Gasteiger partial charge in [-0.3, -0.25) is 9.69 Å². The molecule has 0 radical (unpaired) electrons. The van der Waals surface area contributed by atoms with E-state index in [9.17, 15) is 13.2 Å². The van der Waals surface area contributed by atoms with E-state index in [4.69, 9.17) is 0 Å². The summed E-state index contributed by atoms with van der Waals surface area (Å²) in [5.74, 6) is -0.0476. The average molecular weight is 428 g/mol. The number of carbonyl (C=O) groups is 1. The Hall–Kier alpha value is -2.22. The average Bonchev–Trinajstić information content (AvgIpc) is 2.80. The molecule has 2 fully saturated rings. The van der Waals surface area contributed by atoms with Crippen LogP contribution in [-0.2, 0) is 21.4 Å². The van der Waals surface area contributed by atoms with Crippen LogP contribution in [0.4, 0.5) is 0 Å². The zero-order valence-corrected chi connectivity index (χ0v) is 18.0. The van der Waals surface area contributed by atoms with Crippen LogP contribution >= 0.6 is 0 Å². The van der Waals surface area contributed by atoms with Crippen molar-refractivity contribution < 1.29 is 13.2 Å². The van der Waals surface area contributed by atoms with E-state index in [1.54, 1.807) is 30.3 Å². The van der Waals surface area contributed by atoms with Crippen molar-refractivity contribution in [3.8, 4) is 0 Å². The monoisotopic (exact) mass is 427 g/mol. The van der Waals surface area contributed by atoms with Crippen LogP contribution < -0.4 is 0 Å². The second kappa shape index (κ2) is 9.29. The SMILES string of the molecule is O=C([C@@H]1CCCCN1S(=O)(=O)c1ccccc1)N1CCN(Cc2ccccc2)CC1. The Balaban J connectivity index is 1.42. The fraction of sp³-hybridized carbons (Fsp3) is 0.435. The van der Waals surface area contributed by atoms with Crippen LogP contribution in [0.3, 0.4) is 0 Å². The molecule has 2 aromatic carbocycles. The van der Waals surface area contributed by atoms with Crippen LogP contribution in [0.15, 0.2) is 65.6 Å². The first-order chi connectivity index (χ1) is 14.6. The molecular formula is C23H29N3O3S. The van der Waals surface area contributed by atoms with Gasteiger partial charge in [0.05, 0.1) is 4.90 Å². The second-order valence-electron chi connectivity index (χ2n) is 8.03. The normalized spacial score (nSPS) is 21.5. The van der Waals surface area contributed by atoms with Crippen molar-refractivity contribution in [1.29, 1.82) is 0 Å². The number of benzene rings is 2. The van der Waals surface area contributed by atoms with E-state index in [0.29, 0.717) is 26.1 Å². The molecule has 2 aliphatic heterocycles. The van der Waals surface area contributed by atoms with Gasteiger partial charge in [0.15, 0.2) is 0 Å². The van der Waals surface area contributed by atoms with E-state index in [-0.39, 0.29) is 10.8 Å². The second-order valence-corrected chi connectivity index (χ2v) is 9.92. The highest BCUT2D eigenvalue weighted by Crippen LogP contribution is 2.27. The molecule has 0 aromatic heterocycles. The van der Waals surface area contributed by atoms with Crippen molar-refractivity contribution in [3.05, 3.63) is 66.2 Å². The molecule has 0 bridgehead atoms. The van der Waals surface area contributed by atoms with Crippen LogP contribution in [0.1, 0.15) is 24.8 Å². The number of hydrogen-bond donors (Lipinski definition) is 0. The van der Waals surface area contributed by atoms with Crippen LogP contribution in [0.25, 0.3) is 0 Å². The van der Waals surface area contributed by atoms with Gasteiger partial charge in [-0.2, -0.15) is 4.31 Å². The van der Waals surface area contributed by atoms with E-state index < -0.39 is 16.1 Å². The Morgan fingerprint density at radius 3 is 2.13 bits per heavy atom. The predicted molar refractivity (Wildman–Crippen MR) is 116 cm³/mol. The number of rotatable bonds is 5. The van der Waals surface area contributed by atoms with Gasteiger partial charge in [-0.15, -0.1) is 0 Å². The van der Waals surface area contributed by atoms with Crippen molar-refractivity contribution in [3.63, 3.8) is 0 Å². The molecule has 1 amide bonds. The van der Waals surface area contributed by atoms with Crippen molar-refractivity contribution in [2.45, 2.75) is 36.7 Å². The van der Waals surface area contributed by atoms with Crippen molar-refractivity contribution >= 4 is 15.9 Å². The Kier molecular flexibility index (Phi) is 6.51. The largest absolute Gasteiger partial charge is 0.339 e. The lowest BCUT2D eigenvalue weighted by Gasteiger charge is -2.40. The predicted octanol–water partition coefficient (Wildman–Crippen LogP) is 2.57. The summed E-state index contributed by atoms with van der Waals surface area (Å²) in [5.41, 5.74) is 1.27. The molecule has 0 aliphatic carbocycles. The van der Waals surface area contributed by atoms with Gasteiger partial charge >= 0.3 is 0 Å². The maximum absolute atomic E-state index is 13.3. The van der Waals surface area contributed by atoms with E-state index in [1.807, 2.05) is 23.1 Å². The molecule has 7 heteroatoms. The first-order valence-electron chi connectivity index (χ1n) is 10.7. The van der Waals surface area contributed by atoms with E-state index in [2.05, 4.69) is 17.0 Å². The van der Waals surface area contributed by atoms with Gasteiger partial charge in [0.1, 0.15) is 6.04 Å². The molecule has 2 aromatic rings. The molecule has 0 saturated carbocycles. The van der Waals surface area contributed by atoms with Gasteiger partial charge in [-0.25, -0.2) is 8.42 Å². The summed E-state index contributed by atoms with van der Waals surface area (Å²) in [6.45, 7) is 4.17. The standard InChI is InChI=1S/C23H29N3O3S/c27-23(25-17-15-24(16-18-25)19-20-9-3-1-4-10-20)22-13-7-8-14-26(22)30(28,29)21-11-5-2-6-12-21/h1-6,9-12,22H,7-8,13-19H2/t22-/m0/s1. The van der Waals surface area contributed by atoms with Gasteiger partial charge in [-0.05, 0) is 30.5 Å². The quantitative estimate of drug-likeness (QED) is 0.736. The van der Waals surface area contributed by atoms with Gasteiger partial charge in [0.2, 0.25) is 15.9 Å². The Morgan fingerprint density at radius 2 is 1.47 bits per heavy atom. The third-order valence-corrected chi connectivity index (χ3v) is 7.94. The molecule has 30 heavy (non-hydrogen) atoms. The minimum absolute atomic E-state index is 0.0476. The lowest BCUT2D eigenvalue weighted by Crippen LogP contribution is -2.56. The van der Waals surface area contributed by atoms with Crippen molar-refractivity contribution in [2.75, 3.05) is 32.7 Å². The molecule has 0 unspecified atom stereocenters. The summed E-state index contributed by atoms with van der Waals surface area (Å²) >= 11 is 0. The molecule has 0 N–H and O–H groups in total. The molecule has 1 atom stereocenters. The molecular weight excluding hydrogens is 398 g/mol. The summed E-state index contributed by atoms with van der Waals surface area (Å²) in [4.78, 5) is 17.8. The lowest BCUT2D eigenvalue weighted by atomic mass is 10.0. The fourth-order valence-electron chi connectivity index (χ4n) is 4.35. The lowest BCUT2D eigenvalue weighted by molar-refractivity contribution is -0.138. The van der Waals surface area contributed by atoms with Gasteiger partial charge < -0.3 is 4.90 Å². The minimum Gasteiger partial charge on any atom is -0.339 e. The summed E-state index contributed by atoms with van der Waals surface area (Å²) in [6.07, 6.45) is 2.26.